The molecule has 1 nitrogen and oxygen atoms in total. The number of nitrogens with one attached hydrogen (secondary N) is 1. The normalized spacial score (nSPS) is 11.5. The summed E-state index contributed by atoms with van der Waals surface area (Å²) in [6, 6.07) is 6.68. The van der Waals surface area contributed by atoms with Crippen LogP contribution in [0.25, 0.3) is 0 Å². The van der Waals surface area contributed by atoms with E-state index in [4.69, 9.17) is 0 Å². The van der Waals surface area contributed by atoms with Gasteiger partial charge in [-0.2, -0.15) is 0 Å². The van der Waals surface area contributed by atoms with E-state index in [1.165, 1.54) is 20.7 Å². The first-order chi connectivity index (χ1) is 8.49. The topological polar surface area (TPSA) is 12.0 Å². The van der Waals surface area contributed by atoms with Crippen molar-refractivity contribution >= 4 is 27.7 Å². The van der Waals surface area contributed by atoms with Gasteiger partial charge in [-0.1, -0.05) is 33.8 Å². The van der Waals surface area contributed by atoms with Crippen molar-refractivity contribution in [3.63, 3.8) is 0 Å². The monoisotopic (exact) mass is 329 g/mol. The van der Waals surface area contributed by atoms with Crippen LogP contribution in [0.1, 0.15) is 33.3 Å². The molecule has 0 heterocycles. The number of hydrogen-bond acceptors (Lipinski definition) is 2. The van der Waals surface area contributed by atoms with E-state index < -0.39 is 0 Å². The fourth-order valence-electron chi connectivity index (χ4n) is 1.53. The molecule has 0 radical (unpaired) electrons. The molecule has 0 aromatic heterocycles. The summed E-state index contributed by atoms with van der Waals surface area (Å²) in [5.41, 5.74) is 1.34. The average molecular weight is 330 g/mol. The van der Waals surface area contributed by atoms with Crippen molar-refractivity contribution in [3.8, 4) is 0 Å². The minimum atomic E-state index is 0.703. The largest absolute Gasteiger partial charge is 0.312 e. The van der Waals surface area contributed by atoms with E-state index in [1.54, 1.807) is 0 Å². The summed E-state index contributed by atoms with van der Waals surface area (Å²) in [5.74, 6) is 2.60. The molecule has 0 aliphatic rings. The molecule has 0 aliphatic heterocycles. The summed E-state index contributed by atoms with van der Waals surface area (Å²) in [4.78, 5) is 1.34. The van der Waals surface area contributed by atoms with Crippen molar-refractivity contribution in [1.82, 2.24) is 5.32 Å². The third-order valence-corrected chi connectivity index (χ3v) is 4.87. The van der Waals surface area contributed by atoms with E-state index in [2.05, 4.69) is 67.1 Å². The minimum Gasteiger partial charge on any atom is -0.312 e. The van der Waals surface area contributed by atoms with E-state index in [0.29, 0.717) is 5.92 Å². The van der Waals surface area contributed by atoms with Gasteiger partial charge in [0.2, 0.25) is 0 Å². The van der Waals surface area contributed by atoms with Crippen molar-refractivity contribution in [2.24, 2.45) is 11.8 Å². The Morgan fingerprint density at radius 1 is 1.17 bits per heavy atom. The molecule has 18 heavy (non-hydrogen) atoms. The van der Waals surface area contributed by atoms with Gasteiger partial charge in [0.25, 0.3) is 0 Å². The summed E-state index contributed by atoms with van der Waals surface area (Å²) in [7, 11) is 0. The second-order valence-electron chi connectivity index (χ2n) is 5.49. The Kier molecular flexibility index (Phi) is 7.35. The molecule has 1 N–H and O–H groups in total. The molecule has 102 valence electrons. The van der Waals surface area contributed by atoms with Crippen LogP contribution in [0.2, 0.25) is 0 Å². The van der Waals surface area contributed by atoms with Gasteiger partial charge in [0.15, 0.2) is 0 Å². The third kappa shape index (κ3) is 6.26. The molecule has 0 fully saturated rings. The smallest absolute Gasteiger partial charge is 0.0314 e. The van der Waals surface area contributed by atoms with Gasteiger partial charge in [-0.05, 0) is 52.0 Å². The Morgan fingerprint density at radius 3 is 2.44 bits per heavy atom. The second-order valence-corrected chi connectivity index (χ2v) is 7.41. The molecule has 1 aromatic rings. The Bertz CT molecular complexity index is 364. The zero-order valence-electron chi connectivity index (χ0n) is 11.8. The Morgan fingerprint density at radius 2 is 1.89 bits per heavy atom. The SMILES string of the molecule is CC(C)CNCc1ccc(SCC(C)C)c(Br)c1. The summed E-state index contributed by atoms with van der Waals surface area (Å²) in [6.07, 6.45) is 0. The highest BCUT2D eigenvalue weighted by Crippen LogP contribution is 2.29. The van der Waals surface area contributed by atoms with Gasteiger partial charge in [-0.25, -0.2) is 0 Å². The maximum Gasteiger partial charge on any atom is 0.0314 e. The molecule has 0 atom stereocenters. The molecule has 0 bridgehead atoms. The van der Waals surface area contributed by atoms with Crippen LogP contribution in [0.15, 0.2) is 27.6 Å². The number of benzene rings is 1. The van der Waals surface area contributed by atoms with Gasteiger partial charge in [0.1, 0.15) is 0 Å². The lowest BCUT2D eigenvalue weighted by Crippen LogP contribution is -2.18. The fraction of sp³-hybridized carbons (Fsp3) is 0.600. The number of halogens is 1. The average Bonchev–Trinajstić information content (AvgIpc) is 2.27. The summed E-state index contributed by atoms with van der Waals surface area (Å²) in [6.45, 7) is 11.0. The van der Waals surface area contributed by atoms with Crippen LogP contribution in [-0.4, -0.2) is 12.3 Å². The van der Waals surface area contributed by atoms with Crippen molar-refractivity contribution < 1.29 is 0 Å². The van der Waals surface area contributed by atoms with Crippen LogP contribution in [0, 0.1) is 11.8 Å². The highest BCUT2D eigenvalue weighted by atomic mass is 79.9. The standard InChI is InChI=1S/C15H24BrNS/c1-11(2)8-17-9-13-5-6-15(14(16)7-13)18-10-12(3)4/h5-7,11-12,17H,8-10H2,1-4H3. The van der Waals surface area contributed by atoms with Crippen LogP contribution < -0.4 is 5.32 Å². The summed E-state index contributed by atoms with van der Waals surface area (Å²) < 4.78 is 1.22. The predicted octanol–water partition coefficient (Wildman–Crippen LogP) is 4.94. The molecule has 0 aliphatic carbocycles. The number of rotatable bonds is 7. The van der Waals surface area contributed by atoms with Gasteiger partial charge in [0.05, 0.1) is 0 Å². The van der Waals surface area contributed by atoms with Crippen LogP contribution in [0.4, 0.5) is 0 Å². The molecular weight excluding hydrogens is 306 g/mol. The van der Waals surface area contributed by atoms with Gasteiger partial charge in [-0.3, -0.25) is 0 Å². The van der Waals surface area contributed by atoms with E-state index in [-0.39, 0.29) is 0 Å². The quantitative estimate of drug-likeness (QED) is 0.711. The van der Waals surface area contributed by atoms with Gasteiger partial charge in [0, 0.05) is 21.7 Å². The zero-order chi connectivity index (χ0) is 13.5. The molecule has 0 saturated heterocycles. The molecule has 1 aromatic carbocycles. The van der Waals surface area contributed by atoms with Crippen LogP contribution >= 0.6 is 27.7 Å². The molecule has 0 saturated carbocycles. The van der Waals surface area contributed by atoms with E-state index in [0.717, 1.165) is 19.0 Å². The van der Waals surface area contributed by atoms with Gasteiger partial charge in [-0.15, -0.1) is 11.8 Å². The van der Waals surface area contributed by atoms with Crippen molar-refractivity contribution in [1.29, 1.82) is 0 Å². The molecule has 0 amide bonds. The van der Waals surface area contributed by atoms with E-state index in [9.17, 15) is 0 Å². The lowest BCUT2D eigenvalue weighted by molar-refractivity contribution is 0.552. The number of thioether (sulfide) groups is 1. The van der Waals surface area contributed by atoms with Crippen LogP contribution in [0.5, 0.6) is 0 Å². The van der Waals surface area contributed by atoms with Crippen molar-refractivity contribution in [2.75, 3.05) is 12.3 Å². The first-order valence-corrected chi connectivity index (χ1v) is 8.38. The maximum atomic E-state index is 3.67. The summed E-state index contributed by atoms with van der Waals surface area (Å²) in [5, 5.41) is 3.47. The van der Waals surface area contributed by atoms with Gasteiger partial charge >= 0.3 is 0 Å². The van der Waals surface area contributed by atoms with Crippen LogP contribution in [-0.2, 0) is 6.54 Å². The predicted molar refractivity (Wildman–Crippen MR) is 86.2 cm³/mol. The fourth-order valence-corrected chi connectivity index (χ4v) is 3.18. The first-order valence-electron chi connectivity index (χ1n) is 6.61. The van der Waals surface area contributed by atoms with E-state index in [1.807, 2.05) is 11.8 Å². The van der Waals surface area contributed by atoms with Crippen molar-refractivity contribution in [3.05, 3.63) is 28.2 Å². The molecule has 0 spiro atoms. The highest BCUT2D eigenvalue weighted by molar-refractivity contribution is 9.10. The molecule has 3 heteroatoms. The maximum absolute atomic E-state index is 3.67. The van der Waals surface area contributed by atoms with E-state index >= 15 is 0 Å². The second kappa shape index (κ2) is 8.23. The van der Waals surface area contributed by atoms with Crippen LogP contribution in [0.3, 0.4) is 0 Å². The zero-order valence-corrected chi connectivity index (χ0v) is 14.2. The highest BCUT2D eigenvalue weighted by Gasteiger charge is 2.04. The van der Waals surface area contributed by atoms with Gasteiger partial charge < -0.3 is 5.32 Å². The first kappa shape index (κ1) is 16.1. The number of hydrogen-bond donors (Lipinski definition) is 1. The Hall–Kier alpha value is 0.01000. The third-order valence-electron chi connectivity index (χ3n) is 2.45. The lowest BCUT2D eigenvalue weighted by Gasteiger charge is -2.10. The Labute approximate surface area is 124 Å². The molecule has 1 rings (SSSR count). The lowest BCUT2D eigenvalue weighted by atomic mass is 10.2. The molecule has 0 unspecified atom stereocenters. The summed E-state index contributed by atoms with van der Waals surface area (Å²) >= 11 is 5.59. The van der Waals surface area contributed by atoms with Crippen molar-refractivity contribution in [2.45, 2.75) is 39.1 Å². The minimum absolute atomic E-state index is 0.703. The Balaban J connectivity index is 2.51. The molecular formula is C15H24BrNS.